The number of hydrogen-bond acceptors (Lipinski definition) is 3. The van der Waals surface area contributed by atoms with Gasteiger partial charge in [0.1, 0.15) is 16.4 Å². The Morgan fingerprint density at radius 3 is 2.71 bits per heavy atom. The molecule has 6 heteroatoms. The van der Waals surface area contributed by atoms with Crippen molar-refractivity contribution in [1.29, 1.82) is 0 Å². The zero-order chi connectivity index (χ0) is 15.6. The molecule has 0 bridgehead atoms. The van der Waals surface area contributed by atoms with Gasteiger partial charge in [-0.05, 0) is 43.0 Å². The molecule has 1 aromatic carbocycles. The maximum Gasteiger partial charge on any atom is 0.265 e. The van der Waals surface area contributed by atoms with Crippen LogP contribution in [0.15, 0.2) is 29.6 Å². The van der Waals surface area contributed by atoms with Crippen LogP contribution < -0.4 is 10.1 Å². The summed E-state index contributed by atoms with van der Waals surface area (Å²) in [5, 5.41) is 4.95. The molecule has 0 atom stereocenters. The highest BCUT2D eigenvalue weighted by molar-refractivity contribution is 7.12. The number of thiophene rings is 1. The van der Waals surface area contributed by atoms with Gasteiger partial charge in [0.25, 0.3) is 5.91 Å². The first-order valence-electron chi connectivity index (χ1n) is 6.24. The molecule has 0 saturated carbocycles. The van der Waals surface area contributed by atoms with Gasteiger partial charge in [0, 0.05) is 5.02 Å². The van der Waals surface area contributed by atoms with Gasteiger partial charge in [-0.1, -0.05) is 17.7 Å². The standard InChI is InChI=1S/C15H15ClFNO2S/c1-15(2,10-5-4-9(17)8-11(10)16)18-14(19)13-12(20-3)6-7-21-13/h4-8H,1-3H3,(H,18,19). The predicted octanol–water partition coefficient (Wildman–Crippen LogP) is 4.21. The van der Waals surface area contributed by atoms with E-state index in [1.54, 1.807) is 17.5 Å². The maximum atomic E-state index is 13.1. The monoisotopic (exact) mass is 327 g/mol. The molecule has 1 heterocycles. The van der Waals surface area contributed by atoms with Crippen molar-refractivity contribution in [1.82, 2.24) is 5.32 Å². The van der Waals surface area contributed by atoms with Gasteiger partial charge < -0.3 is 10.1 Å². The lowest BCUT2D eigenvalue weighted by Gasteiger charge is -2.27. The Labute approximate surface area is 131 Å². The Morgan fingerprint density at radius 1 is 1.38 bits per heavy atom. The maximum absolute atomic E-state index is 13.1. The molecule has 2 rings (SSSR count). The second kappa shape index (κ2) is 6.03. The number of carbonyl (C=O) groups is 1. The lowest BCUT2D eigenvalue weighted by atomic mass is 9.94. The number of amides is 1. The SMILES string of the molecule is COc1ccsc1C(=O)NC(C)(C)c1ccc(F)cc1Cl. The fraction of sp³-hybridized carbons (Fsp3) is 0.267. The normalized spacial score (nSPS) is 11.3. The van der Waals surface area contributed by atoms with Crippen molar-refractivity contribution in [3.8, 4) is 5.75 Å². The molecular weight excluding hydrogens is 313 g/mol. The number of halogens is 2. The molecule has 1 amide bonds. The van der Waals surface area contributed by atoms with Crippen molar-refractivity contribution in [3.05, 3.63) is 50.9 Å². The first-order valence-corrected chi connectivity index (χ1v) is 7.50. The molecule has 2 aromatic rings. The minimum atomic E-state index is -0.739. The molecule has 0 aliphatic rings. The summed E-state index contributed by atoms with van der Waals surface area (Å²) in [6.45, 7) is 3.62. The van der Waals surface area contributed by atoms with E-state index >= 15 is 0 Å². The summed E-state index contributed by atoms with van der Waals surface area (Å²) in [5.41, 5.74) is -0.0916. The Kier molecular flexibility index (Phi) is 4.54. The van der Waals surface area contributed by atoms with Crippen LogP contribution in [0.1, 0.15) is 29.1 Å². The van der Waals surface area contributed by atoms with Crippen LogP contribution in [0.4, 0.5) is 4.39 Å². The van der Waals surface area contributed by atoms with E-state index in [1.807, 2.05) is 13.8 Å². The van der Waals surface area contributed by atoms with Crippen LogP contribution in [0.2, 0.25) is 5.02 Å². The van der Waals surface area contributed by atoms with Crippen LogP contribution in [0, 0.1) is 5.82 Å². The lowest BCUT2D eigenvalue weighted by Crippen LogP contribution is -2.41. The smallest absolute Gasteiger partial charge is 0.265 e. The summed E-state index contributed by atoms with van der Waals surface area (Å²) in [7, 11) is 1.51. The number of benzene rings is 1. The zero-order valence-electron chi connectivity index (χ0n) is 11.9. The molecule has 21 heavy (non-hydrogen) atoms. The number of hydrogen-bond donors (Lipinski definition) is 1. The summed E-state index contributed by atoms with van der Waals surface area (Å²) in [5.74, 6) is -0.142. The van der Waals surface area contributed by atoms with Gasteiger partial charge in [-0.2, -0.15) is 0 Å². The molecule has 1 aromatic heterocycles. The summed E-state index contributed by atoms with van der Waals surface area (Å²) in [4.78, 5) is 12.8. The average molecular weight is 328 g/mol. The van der Waals surface area contributed by atoms with Crippen molar-refractivity contribution in [2.24, 2.45) is 0 Å². The van der Waals surface area contributed by atoms with Crippen molar-refractivity contribution < 1.29 is 13.9 Å². The van der Waals surface area contributed by atoms with Crippen LogP contribution >= 0.6 is 22.9 Å². The third kappa shape index (κ3) is 3.36. The van der Waals surface area contributed by atoms with Crippen molar-refractivity contribution in [2.45, 2.75) is 19.4 Å². The molecule has 0 unspecified atom stereocenters. The zero-order valence-corrected chi connectivity index (χ0v) is 13.4. The second-order valence-electron chi connectivity index (χ2n) is 5.02. The van der Waals surface area contributed by atoms with Crippen molar-refractivity contribution >= 4 is 28.8 Å². The first kappa shape index (κ1) is 15.8. The van der Waals surface area contributed by atoms with E-state index in [9.17, 15) is 9.18 Å². The number of methoxy groups -OCH3 is 1. The molecule has 1 N–H and O–H groups in total. The van der Waals surface area contributed by atoms with E-state index < -0.39 is 11.4 Å². The molecule has 0 aliphatic heterocycles. The molecule has 0 spiro atoms. The van der Waals surface area contributed by atoms with Gasteiger partial charge in [-0.3, -0.25) is 4.79 Å². The number of nitrogens with one attached hydrogen (secondary N) is 1. The van der Waals surface area contributed by atoms with Gasteiger partial charge >= 0.3 is 0 Å². The summed E-state index contributed by atoms with van der Waals surface area (Å²) >= 11 is 7.36. The summed E-state index contributed by atoms with van der Waals surface area (Å²) in [6, 6.07) is 5.86. The van der Waals surface area contributed by atoms with Crippen molar-refractivity contribution in [2.75, 3.05) is 7.11 Å². The Balaban J connectivity index is 2.26. The van der Waals surface area contributed by atoms with E-state index in [1.165, 1.54) is 30.6 Å². The molecule has 0 saturated heterocycles. The minimum Gasteiger partial charge on any atom is -0.495 e. The van der Waals surface area contributed by atoms with Crippen LogP contribution in [0.25, 0.3) is 0 Å². The van der Waals surface area contributed by atoms with E-state index in [-0.39, 0.29) is 10.9 Å². The number of rotatable bonds is 4. The quantitative estimate of drug-likeness (QED) is 0.913. The molecular formula is C15H15ClFNO2S. The lowest BCUT2D eigenvalue weighted by molar-refractivity contribution is 0.0913. The topological polar surface area (TPSA) is 38.3 Å². The van der Waals surface area contributed by atoms with Crippen molar-refractivity contribution in [3.63, 3.8) is 0 Å². The van der Waals surface area contributed by atoms with E-state index in [4.69, 9.17) is 16.3 Å². The van der Waals surface area contributed by atoms with E-state index in [2.05, 4.69) is 5.32 Å². The third-order valence-electron chi connectivity index (χ3n) is 3.09. The fourth-order valence-electron chi connectivity index (χ4n) is 2.03. The Morgan fingerprint density at radius 2 is 2.10 bits per heavy atom. The molecule has 0 fully saturated rings. The van der Waals surface area contributed by atoms with Gasteiger partial charge in [0.15, 0.2) is 0 Å². The first-order chi connectivity index (χ1) is 9.85. The van der Waals surface area contributed by atoms with Crippen LogP contribution in [0.3, 0.4) is 0 Å². The fourth-order valence-corrected chi connectivity index (χ4v) is 3.18. The van der Waals surface area contributed by atoms with E-state index in [0.29, 0.717) is 16.2 Å². The Bertz CT molecular complexity index is 669. The van der Waals surface area contributed by atoms with Crippen LogP contribution in [-0.4, -0.2) is 13.0 Å². The van der Waals surface area contributed by atoms with Gasteiger partial charge in [0.2, 0.25) is 0 Å². The summed E-state index contributed by atoms with van der Waals surface area (Å²) in [6.07, 6.45) is 0. The highest BCUT2D eigenvalue weighted by Crippen LogP contribution is 2.30. The second-order valence-corrected chi connectivity index (χ2v) is 6.34. The van der Waals surface area contributed by atoms with Gasteiger partial charge in [-0.25, -0.2) is 4.39 Å². The highest BCUT2D eigenvalue weighted by atomic mass is 35.5. The molecule has 3 nitrogen and oxygen atoms in total. The number of ether oxygens (including phenoxy) is 1. The molecule has 112 valence electrons. The number of carbonyl (C=O) groups excluding carboxylic acids is 1. The third-order valence-corrected chi connectivity index (χ3v) is 4.29. The largest absolute Gasteiger partial charge is 0.495 e. The van der Waals surface area contributed by atoms with Gasteiger partial charge in [-0.15, -0.1) is 11.3 Å². The van der Waals surface area contributed by atoms with Crippen LogP contribution in [0.5, 0.6) is 5.75 Å². The van der Waals surface area contributed by atoms with E-state index in [0.717, 1.165) is 0 Å². The predicted molar refractivity (Wildman–Crippen MR) is 82.8 cm³/mol. The minimum absolute atomic E-state index is 0.257. The molecule has 0 aliphatic carbocycles. The van der Waals surface area contributed by atoms with Gasteiger partial charge in [0.05, 0.1) is 12.6 Å². The molecule has 0 radical (unpaired) electrons. The van der Waals surface area contributed by atoms with Crippen LogP contribution in [-0.2, 0) is 5.54 Å². The summed E-state index contributed by atoms with van der Waals surface area (Å²) < 4.78 is 18.3. The Hall–Kier alpha value is -1.59. The highest BCUT2D eigenvalue weighted by Gasteiger charge is 2.27. The average Bonchev–Trinajstić information content (AvgIpc) is 2.85.